The zero-order valence-electron chi connectivity index (χ0n) is 10.8. The molecule has 0 aliphatic heterocycles. The van der Waals surface area contributed by atoms with Gasteiger partial charge in [-0.2, -0.15) is 5.26 Å². The van der Waals surface area contributed by atoms with E-state index < -0.39 is 0 Å². The Morgan fingerprint density at radius 1 is 1.37 bits per heavy atom. The number of benzene rings is 1. The van der Waals surface area contributed by atoms with E-state index in [0.29, 0.717) is 30.3 Å². The zero-order chi connectivity index (χ0) is 13.7. The van der Waals surface area contributed by atoms with Gasteiger partial charge in [-0.3, -0.25) is 4.79 Å². The summed E-state index contributed by atoms with van der Waals surface area (Å²) in [5.41, 5.74) is 0.965. The highest BCUT2D eigenvalue weighted by atomic mass is 35.5. The fraction of sp³-hybridized carbons (Fsp3) is 0.467. The standard InChI is InChI=1S/C15H17ClN2O/c16-14-6-4-12(5-7-14)10-15(19)18(9-1-8-17)11-13-2-3-13/h4-7,13H,1-3,9-11H2. The molecule has 0 heterocycles. The van der Waals surface area contributed by atoms with Crippen LogP contribution in [0, 0.1) is 17.2 Å². The Bertz CT molecular complexity index is 474. The molecule has 1 aromatic carbocycles. The third-order valence-electron chi connectivity index (χ3n) is 3.29. The van der Waals surface area contributed by atoms with Gasteiger partial charge in [0.25, 0.3) is 0 Å². The maximum Gasteiger partial charge on any atom is 0.227 e. The van der Waals surface area contributed by atoms with Crippen LogP contribution < -0.4 is 0 Å². The highest BCUT2D eigenvalue weighted by Gasteiger charge is 2.26. The highest BCUT2D eigenvalue weighted by Crippen LogP contribution is 2.30. The summed E-state index contributed by atoms with van der Waals surface area (Å²) in [5, 5.41) is 9.34. The number of carbonyl (C=O) groups excluding carboxylic acids is 1. The number of nitrogens with zero attached hydrogens (tertiary/aromatic N) is 2. The van der Waals surface area contributed by atoms with E-state index in [2.05, 4.69) is 6.07 Å². The van der Waals surface area contributed by atoms with Gasteiger partial charge in [-0.1, -0.05) is 23.7 Å². The number of nitriles is 1. The van der Waals surface area contributed by atoms with Gasteiger partial charge in [0.05, 0.1) is 18.9 Å². The number of halogens is 1. The van der Waals surface area contributed by atoms with E-state index in [1.165, 1.54) is 12.8 Å². The fourth-order valence-electron chi connectivity index (χ4n) is 2.00. The molecule has 0 unspecified atom stereocenters. The molecule has 1 aromatic rings. The molecule has 4 heteroatoms. The normalized spacial score (nSPS) is 13.9. The third kappa shape index (κ3) is 4.57. The first-order valence-electron chi connectivity index (χ1n) is 6.58. The lowest BCUT2D eigenvalue weighted by Crippen LogP contribution is -2.34. The second-order valence-electron chi connectivity index (χ2n) is 4.99. The molecule has 1 amide bonds. The summed E-state index contributed by atoms with van der Waals surface area (Å²) in [6.07, 6.45) is 3.20. The average molecular weight is 277 g/mol. The number of amides is 1. The molecule has 1 saturated carbocycles. The SMILES string of the molecule is N#CCCN(CC1CC1)C(=O)Cc1ccc(Cl)cc1. The van der Waals surface area contributed by atoms with Crippen molar-refractivity contribution in [3.8, 4) is 6.07 Å². The molecular formula is C15H17ClN2O. The lowest BCUT2D eigenvalue weighted by molar-refractivity contribution is -0.130. The van der Waals surface area contributed by atoms with Crippen molar-refractivity contribution >= 4 is 17.5 Å². The van der Waals surface area contributed by atoms with Crippen LogP contribution >= 0.6 is 11.6 Å². The van der Waals surface area contributed by atoms with Crippen molar-refractivity contribution in [2.24, 2.45) is 5.92 Å². The first-order chi connectivity index (χ1) is 9.19. The zero-order valence-corrected chi connectivity index (χ0v) is 11.6. The first-order valence-corrected chi connectivity index (χ1v) is 6.96. The van der Waals surface area contributed by atoms with Crippen molar-refractivity contribution in [3.05, 3.63) is 34.9 Å². The largest absolute Gasteiger partial charge is 0.341 e. The van der Waals surface area contributed by atoms with Gasteiger partial charge >= 0.3 is 0 Å². The summed E-state index contributed by atoms with van der Waals surface area (Å²) < 4.78 is 0. The summed E-state index contributed by atoms with van der Waals surface area (Å²) in [6.45, 7) is 1.34. The summed E-state index contributed by atoms with van der Waals surface area (Å²) in [5.74, 6) is 0.748. The lowest BCUT2D eigenvalue weighted by Gasteiger charge is -2.21. The van der Waals surface area contributed by atoms with Crippen LogP contribution in [0.3, 0.4) is 0 Å². The summed E-state index contributed by atoms with van der Waals surface area (Å²) in [6, 6.07) is 9.45. The van der Waals surface area contributed by atoms with Crippen molar-refractivity contribution in [3.63, 3.8) is 0 Å². The molecule has 0 radical (unpaired) electrons. The number of rotatable bonds is 6. The van der Waals surface area contributed by atoms with E-state index in [9.17, 15) is 4.79 Å². The van der Waals surface area contributed by atoms with Crippen molar-refractivity contribution in [2.75, 3.05) is 13.1 Å². The maximum absolute atomic E-state index is 12.3. The molecule has 1 aliphatic rings. The smallest absolute Gasteiger partial charge is 0.227 e. The van der Waals surface area contributed by atoms with Crippen LogP contribution in [0.15, 0.2) is 24.3 Å². The predicted molar refractivity (Wildman–Crippen MR) is 74.7 cm³/mol. The van der Waals surface area contributed by atoms with E-state index in [1.54, 1.807) is 12.1 Å². The quantitative estimate of drug-likeness (QED) is 0.802. The second kappa shape index (κ2) is 6.58. The van der Waals surface area contributed by atoms with Gasteiger partial charge in [0.15, 0.2) is 0 Å². The minimum absolute atomic E-state index is 0.101. The van der Waals surface area contributed by atoms with Crippen LogP contribution in [0.5, 0.6) is 0 Å². The van der Waals surface area contributed by atoms with Crippen molar-refractivity contribution in [2.45, 2.75) is 25.7 Å². The fourth-order valence-corrected chi connectivity index (χ4v) is 2.13. The van der Waals surface area contributed by atoms with Crippen LogP contribution in [-0.2, 0) is 11.2 Å². The molecule has 100 valence electrons. The molecule has 0 spiro atoms. The average Bonchev–Trinajstić information content (AvgIpc) is 3.21. The third-order valence-corrected chi connectivity index (χ3v) is 3.54. The van der Waals surface area contributed by atoms with E-state index in [4.69, 9.17) is 16.9 Å². The molecule has 1 fully saturated rings. The van der Waals surface area contributed by atoms with Crippen molar-refractivity contribution in [1.29, 1.82) is 5.26 Å². The van der Waals surface area contributed by atoms with E-state index in [-0.39, 0.29) is 5.91 Å². The summed E-state index contributed by atoms with van der Waals surface area (Å²) in [7, 11) is 0. The van der Waals surface area contributed by atoms with E-state index in [0.717, 1.165) is 12.1 Å². The number of hydrogen-bond donors (Lipinski definition) is 0. The molecule has 1 aliphatic carbocycles. The van der Waals surface area contributed by atoms with Gasteiger partial charge in [-0.15, -0.1) is 0 Å². The van der Waals surface area contributed by atoms with Crippen molar-refractivity contribution in [1.82, 2.24) is 4.90 Å². The molecular weight excluding hydrogens is 260 g/mol. The topological polar surface area (TPSA) is 44.1 Å². The molecule has 0 aromatic heterocycles. The Hall–Kier alpha value is -1.53. The van der Waals surface area contributed by atoms with E-state index >= 15 is 0 Å². The first kappa shape index (κ1) is 13.9. The van der Waals surface area contributed by atoms with Gasteiger partial charge in [0.2, 0.25) is 5.91 Å². The van der Waals surface area contributed by atoms with E-state index in [1.807, 2.05) is 17.0 Å². The molecule has 2 rings (SSSR count). The maximum atomic E-state index is 12.3. The Labute approximate surface area is 118 Å². The molecule has 0 bridgehead atoms. The van der Waals surface area contributed by atoms with Crippen LogP contribution in [0.25, 0.3) is 0 Å². The van der Waals surface area contributed by atoms with Crippen LogP contribution in [0.1, 0.15) is 24.8 Å². The highest BCUT2D eigenvalue weighted by molar-refractivity contribution is 6.30. The van der Waals surface area contributed by atoms with Gasteiger partial charge in [-0.05, 0) is 36.5 Å². The second-order valence-corrected chi connectivity index (χ2v) is 5.43. The minimum Gasteiger partial charge on any atom is -0.341 e. The lowest BCUT2D eigenvalue weighted by atomic mass is 10.1. The Balaban J connectivity index is 1.93. The molecule has 3 nitrogen and oxygen atoms in total. The summed E-state index contributed by atoms with van der Waals surface area (Å²) in [4.78, 5) is 14.1. The van der Waals surface area contributed by atoms with Gasteiger partial charge in [-0.25, -0.2) is 0 Å². The predicted octanol–water partition coefficient (Wildman–Crippen LogP) is 3.03. The Morgan fingerprint density at radius 2 is 2.05 bits per heavy atom. The molecule has 0 saturated heterocycles. The monoisotopic (exact) mass is 276 g/mol. The molecule has 19 heavy (non-hydrogen) atoms. The summed E-state index contributed by atoms with van der Waals surface area (Å²) >= 11 is 5.83. The van der Waals surface area contributed by atoms with Gasteiger partial charge in [0, 0.05) is 18.1 Å². The van der Waals surface area contributed by atoms with Crippen LogP contribution in [0.2, 0.25) is 5.02 Å². The number of carbonyl (C=O) groups is 1. The minimum atomic E-state index is 0.101. The Kier molecular flexibility index (Phi) is 4.81. The number of hydrogen-bond acceptors (Lipinski definition) is 2. The molecule has 0 N–H and O–H groups in total. The van der Waals surface area contributed by atoms with Crippen molar-refractivity contribution < 1.29 is 4.79 Å². The van der Waals surface area contributed by atoms with Gasteiger partial charge < -0.3 is 4.90 Å². The van der Waals surface area contributed by atoms with Gasteiger partial charge in [0.1, 0.15) is 0 Å². The van der Waals surface area contributed by atoms with Crippen LogP contribution in [0.4, 0.5) is 0 Å². The molecule has 0 atom stereocenters. The Morgan fingerprint density at radius 3 is 2.63 bits per heavy atom. The van der Waals surface area contributed by atoms with Crippen LogP contribution in [-0.4, -0.2) is 23.9 Å².